The van der Waals surface area contributed by atoms with Gasteiger partial charge in [0.15, 0.2) is 0 Å². The van der Waals surface area contributed by atoms with E-state index in [9.17, 15) is 13.6 Å². The van der Waals surface area contributed by atoms with E-state index in [0.29, 0.717) is 18.3 Å². The van der Waals surface area contributed by atoms with Gasteiger partial charge in [0, 0.05) is 24.5 Å². The molecule has 0 unspecified atom stereocenters. The first kappa shape index (κ1) is 19.3. The summed E-state index contributed by atoms with van der Waals surface area (Å²) in [7, 11) is 1.62. The average molecular weight is 383 g/mol. The summed E-state index contributed by atoms with van der Waals surface area (Å²) in [5, 5.41) is 5.61. The van der Waals surface area contributed by atoms with Gasteiger partial charge in [0.1, 0.15) is 23.1 Å². The zero-order valence-electron chi connectivity index (χ0n) is 15.2. The Morgan fingerprint density at radius 1 is 1.11 bits per heavy atom. The maximum atomic E-state index is 13.7. The van der Waals surface area contributed by atoms with E-state index in [1.807, 2.05) is 24.3 Å². The van der Waals surface area contributed by atoms with Gasteiger partial charge >= 0.3 is 0 Å². The number of hydrogen-bond donors (Lipinski definition) is 2. The van der Waals surface area contributed by atoms with Crippen LogP contribution in [0, 0.1) is 11.6 Å². The molecule has 3 rings (SSSR count). The summed E-state index contributed by atoms with van der Waals surface area (Å²) >= 11 is 0. The molecule has 5 nitrogen and oxygen atoms in total. The Bertz CT molecular complexity index is 979. The van der Waals surface area contributed by atoms with Crippen molar-refractivity contribution in [2.45, 2.75) is 6.42 Å². The Balaban J connectivity index is 1.60. The summed E-state index contributed by atoms with van der Waals surface area (Å²) in [6, 6.07) is 14.0. The molecule has 144 valence electrons. The number of carbonyl (C=O) groups is 1. The normalized spacial score (nSPS) is 10.4. The van der Waals surface area contributed by atoms with Crippen LogP contribution in [0.4, 0.5) is 20.2 Å². The predicted molar refractivity (Wildman–Crippen MR) is 104 cm³/mol. The zero-order valence-corrected chi connectivity index (χ0v) is 15.2. The van der Waals surface area contributed by atoms with E-state index in [0.717, 1.165) is 23.8 Å². The van der Waals surface area contributed by atoms with Crippen LogP contribution >= 0.6 is 0 Å². The van der Waals surface area contributed by atoms with Gasteiger partial charge in [-0.2, -0.15) is 0 Å². The number of nitrogens with one attached hydrogen (secondary N) is 2. The summed E-state index contributed by atoms with van der Waals surface area (Å²) in [6.45, 7) is 0.644. The molecule has 0 saturated heterocycles. The molecule has 28 heavy (non-hydrogen) atoms. The van der Waals surface area contributed by atoms with Gasteiger partial charge in [-0.25, -0.2) is 8.78 Å². The van der Waals surface area contributed by atoms with Crippen LogP contribution in [-0.4, -0.2) is 24.5 Å². The molecule has 0 bridgehead atoms. The Kier molecular flexibility index (Phi) is 6.16. The number of pyridine rings is 1. The van der Waals surface area contributed by atoms with Gasteiger partial charge in [0.25, 0.3) is 5.91 Å². The van der Waals surface area contributed by atoms with Gasteiger partial charge in [-0.3, -0.25) is 9.78 Å². The van der Waals surface area contributed by atoms with E-state index >= 15 is 0 Å². The number of rotatable bonds is 7. The third kappa shape index (κ3) is 5.03. The highest BCUT2D eigenvalue weighted by Gasteiger charge is 2.12. The second kappa shape index (κ2) is 8.94. The number of aromatic nitrogens is 1. The van der Waals surface area contributed by atoms with Crippen LogP contribution in [0.25, 0.3) is 0 Å². The topological polar surface area (TPSA) is 63.2 Å². The quantitative estimate of drug-likeness (QED) is 0.639. The highest BCUT2D eigenvalue weighted by molar-refractivity contribution is 6.03. The van der Waals surface area contributed by atoms with Gasteiger partial charge in [-0.1, -0.05) is 12.1 Å². The van der Waals surface area contributed by atoms with E-state index in [2.05, 4.69) is 15.6 Å². The molecule has 3 aromatic rings. The van der Waals surface area contributed by atoms with Crippen LogP contribution in [0.3, 0.4) is 0 Å². The first-order valence-corrected chi connectivity index (χ1v) is 8.64. The fourth-order valence-electron chi connectivity index (χ4n) is 2.62. The van der Waals surface area contributed by atoms with Crippen molar-refractivity contribution in [3.05, 3.63) is 83.7 Å². The number of nitrogens with zero attached hydrogens (tertiary/aromatic N) is 1. The minimum Gasteiger partial charge on any atom is -0.497 e. The fraction of sp³-hybridized carbons (Fsp3) is 0.143. The number of anilines is 2. The molecule has 0 spiro atoms. The van der Waals surface area contributed by atoms with Crippen LogP contribution in [0.2, 0.25) is 0 Å². The first-order chi connectivity index (χ1) is 13.5. The van der Waals surface area contributed by atoms with Gasteiger partial charge in [-0.05, 0) is 48.4 Å². The van der Waals surface area contributed by atoms with Crippen molar-refractivity contribution in [1.29, 1.82) is 0 Å². The van der Waals surface area contributed by atoms with Gasteiger partial charge < -0.3 is 15.4 Å². The summed E-state index contributed by atoms with van der Waals surface area (Å²) < 4.78 is 31.9. The first-order valence-electron chi connectivity index (χ1n) is 8.64. The predicted octanol–water partition coefficient (Wildman–Crippen LogP) is 4.28. The molecular formula is C21H19F2N3O2. The number of halogens is 2. The minimum absolute atomic E-state index is 0.107. The van der Waals surface area contributed by atoms with E-state index in [1.54, 1.807) is 19.2 Å². The Labute approximate surface area is 161 Å². The Morgan fingerprint density at radius 2 is 1.96 bits per heavy atom. The van der Waals surface area contributed by atoms with Crippen molar-refractivity contribution in [3.8, 4) is 5.75 Å². The zero-order chi connectivity index (χ0) is 19.9. The Hall–Kier alpha value is -3.48. The highest BCUT2D eigenvalue weighted by Crippen LogP contribution is 2.17. The van der Waals surface area contributed by atoms with Crippen LogP contribution in [0.15, 0.2) is 60.8 Å². The monoisotopic (exact) mass is 383 g/mol. The minimum atomic E-state index is -0.846. The third-order valence-electron chi connectivity index (χ3n) is 4.05. The van der Waals surface area contributed by atoms with Gasteiger partial charge in [-0.15, -0.1) is 0 Å². The van der Waals surface area contributed by atoms with E-state index in [4.69, 9.17) is 4.74 Å². The summed E-state index contributed by atoms with van der Waals surface area (Å²) in [6.07, 6.45) is 2.26. The van der Waals surface area contributed by atoms with Crippen LogP contribution < -0.4 is 15.4 Å². The second-order valence-electron chi connectivity index (χ2n) is 6.04. The molecule has 0 aliphatic heterocycles. The number of methoxy groups -OCH3 is 1. The summed E-state index contributed by atoms with van der Waals surface area (Å²) in [5.74, 6) is -1.34. The number of hydrogen-bond acceptors (Lipinski definition) is 4. The number of carbonyl (C=O) groups excluding carboxylic acids is 1. The Morgan fingerprint density at radius 3 is 2.75 bits per heavy atom. The van der Waals surface area contributed by atoms with Crippen LogP contribution in [0.5, 0.6) is 5.75 Å². The summed E-state index contributed by atoms with van der Waals surface area (Å²) in [5.41, 5.74) is 1.84. The van der Waals surface area contributed by atoms with Crippen LogP contribution in [-0.2, 0) is 6.42 Å². The molecule has 0 radical (unpaired) electrons. The van der Waals surface area contributed by atoms with Crippen molar-refractivity contribution in [3.63, 3.8) is 0 Å². The van der Waals surface area contributed by atoms with Crippen LogP contribution in [0.1, 0.15) is 16.1 Å². The molecule has 0 saturated carbocycles. The lowest BCUT2D eigenvalue weighted by Gasteiger charge is -2.10. The van der Waals surface area contributed by atoms with Crippen molar-refractivity contribution in [2.75, 3.05) is 24.3 Å². The lowest BCUT2D eigenvalue weighted by atomic mass is 10.1. The van der Waals surface area contributed by atoms with Gasteiger partial charge in [0.05, 0.1) is 12.8 Å². The van der Waals surface area contributed by atoms with Crippen molar-refractivity contribution >= 4 is 17.3 Å². The summed E-state index contributed by atoms with van der Waals surface area (Å²) in [4.78, 5) is 16.3. The average Bonchev–Trinajstić information content (AvgIpc) is 2.70. The molecule has 0 atom stereocenters. The van der Waals surface area contributed by atoms with Crippen molar-refractivity contribution in [2.24, 2.45) is 0 Å². The van der Waals surface area contributed by atoms with Gasteiger partial charge in [0.2, 0.25) is 0 Å². The van der Waals surface area contributed by atoms with Crippen molar-refractivity contribution < 1.29 is 18.3 Å². The third-order valence-corrected chi connectivity index (χ3v) is 4.05. The van der Waals surface area contributed by atoms with E-state index in [-0.39, 0.29) is 11.4 Å². The molecule has 0 fully saturated rings. The second-order valence-corrected chi connectivity index (χ2v) is 6.04. The molecular weight excluding hydrogens is 364 g/mol. The molecule has 0 aliphatic carbocycles. The molecule has 2 aromatic carbocycles. The largest absolute Gasteiger partial charge is 0.497 e. The standard InChI is InChI=1S/C21H19F2N3O2/c1-28-17-4-2-3-14(11-17)7-9-24-16-8-10-25-20(13-16)21(27)26-19-6-5-15(22)12-18(19)23/h2-6,8,10-13H,7,9H2,1H3,(H,24,25)(H,26,27). The van der Waals surface area contributed by atoms with E-state index < -0.39 is 17.5 Å². The molecule has 1 amide bonds. The molecule has 1 aromatic heterocycles. The molecule has 7 heteroatoms. The number of benzene rings is 2. The smallest absolute Gasteiger partial charge is 0.274 e. The lowest BCUT2D eigenvalue weighted by molar-refractivity contribution is 0.102. The van der Waals surface area contributed by atoms with Crippen molar-refractivity contribution in [1.82, 2.24) is 4.98 Å². The fourth-order valence-corrected chi connectivity index (χ4v) is 2.62. The maximum Gasteiger partial charge on any atom is 0.274 e. The highest BCUT2D eigenvalue weighted by atomic mass is 19.1. The molecule has 2 N–H and O–H groups in total. The molecule has 0 aliphatic rings. The molecule has 1 heterocycles. The SMILES string of the molecule is COc1cccc(CCNc2ccnc(C(=O)Nc3ccc(F)cc3F)c2)c1. The number of ether oxygens (including phenoxy) is 1. The number of amides is 1. The lowest BCUT2D eigenvalue weighted by Crippen LogP contribution is -2.15. The maximum absolute atomic E-state index is 13.7. The van der Waals surface area contributed by atoms with E-state index in [1.165, 1.54) is 12.3 Å².